The fourth-order valence-electron chi connectivity index (χ4n) is 7.14. The van der Waals surface area contributed by atoms with Gasteiger partial charge in [0.1, 0.15) is 28.3 Å². The highest BCUT2D eigenvalue weighted by molar-refractivity contribution is 7.80. The van der Waals surface area contributed by atoms with Crippen LogP contribution in [0.3, 0.4) is 0 Å². The molecule has 7 heteroatoms. The molecule has 6 nitrogen and oxygen atoms in total. The van der Waals surface area contributed by atoms with E-state index in [1.807, 2.05) is 41.3 Å². The Hall–Kier alpha value is -3.42. The molecule has 0 aromatic heterocycles. The summed E-state index contributed by atoms with van der Waals surface area (Å²) in [5, 5.41) is 22.0. The lowest BCUT2D eigenvalue weighted by molar-refractivity contribution is -0.0223. The van der Waals surface area contributed by atoms with Crippen LogP contribution < -0.4 is 9.80 Å². The van der Waals surface area contributed by atoms with Crippen LogP contribution in [0.1, 0.15) is 32.1 Å². The summed E-state index contributed by atoms with van der Waals surface area (Å²) in [5.41, 5.74) is -0.276. The number of rotatable bonds is 2. The standard InChI is InChI=1S/C28H28N6S/c29-16-26-18-32(22-10-4-1-5-11-22)19-27(17-30,28(26)14-8-3-9-15-28)25(35)34-21-33(20-31-24(26)34)23-12-6-2-7-13-23/h1-2,4-7,10-13H,3,8-9,14-15,18-21H2/t26-,27+/m0/s1. The molecule has 2 aromatic rings. The Morgan fingerprint density at radius 2 is 1.34 bits per heavy atom. The number of anilines is 2. The average molecular weight is 481 g/mol. The monoisotopic (exact) mass is 480 g/mol. The predicted molar refractivity (Wildman–Crippen MR) is 141 cm³/mol. The highest BCUT2D eigenvalue weighted by Crippen LogP contribution is 2.67. The quantitative estimate of drug-likeness (QED) is 0.566. The number of hydrogen-bond donors (Lipinski definition) is 0. The van der Waals surface area contributed by atoms with E-state index in [0.717, 1.165) is 49.3 Å². The molecule has 2 saturated heterocycles. The van der Waals surface area contributed by atoms with E-state index in [9.17, 15) is 10.5 Å². The zero-order valence-corrected chi connectivity index (χ0v) is 20.5. The van der Waals surface area contributed by atoms with Gasteiger partial charge >= 0.3 is 0 Å². The minimum atomic E-state index is -0.939. The summed E-state index contributed by atoms with van der Waals surface area (Å²) in [7, 11) is 0. The Balaban J connectivity index is 1.55. The summed E-state index contributed by atoms with van der Waals surface area (Å²) in [6.07, 6.45) is 4.85. The van der Waals surface area contributed by atoms with Crippen LogP contribution in [0, 0.1) is 38.9 Å². The Labute approximate surface area is 212 Å². The van der Waals surface area contributed by atoms with Crippen molar-refractivity contribution in [3.63, 3.8) is 0 Å². The SMILES string of the molecule is N#C[C@]12CN(c3ccccc3)C[C@](C#N)(C(=S)N3CN(c4ccccc4)CN=C31)C21CCCCC1. The molecule has 3 fully saturated rings. The van der Waals surface area contributed by atoms with E-state index in [2.05, 4.69) is 46.2 Å². The second-order valence-electron chi connectivity index (χ2n) is 10.2. The van der Waals surface area contributed by atoms with Crippen molar-refractivity contribution in [3.05, 3.63) is 60.7 Å². The van der Waals surface area contributed by atoms with Crippen LogP contribution >= 0.6 is 12.2 Å². The molecule has 0 amide bonds. The first kappa shape index (κ1) is 22.1. The fraction of sp³-hybridized carbons (Fsp3) is 0.429. The molecule has 3 aliphatic heterocycles. The van der Waals surface area contributed by atoms with E-state index in [4.69, 9.17) is 17.2 Å². The van der Waals surface area contributed by atoms with E-state index in [0.29, 0.717) is 31.4 Å². The lowest BCUT2D eigenvalue weighted by Gasteiger charge is -2.68. The third-order valence-corrected chi connectivity index (χ3v) is 9.34. The number of fused-ring (bicyclic) bond motifs is 2. The third-order valence-electron chi connectivity index (χ3n) is 8.77. The maximum Gasteiger partial charge on any atom is 0.140 e. The van der Waals surface area contributed by atoms with Gasteiger partial charge in [-0.15, -0.1) is 0 Å². The summed E-state index contributed by atoms with van der Waals surface area (Å²) < 4.78 is 0. The second kappa shape index (κ2) is 8.07. The molecule has 1 saturated carbocycles. The molecule has 6 rings (SSSR count). The van der Waals surface area contributed by atoms with E-state index in [-0.39, 0.29) is 0 Å². The molecular formula is C28H28N6S. The average Bonchev–Trinajstić information content (AvgIpc) is 2.93. The Bertz CT molecular complexity index is 1260. The van der Waals surface area contributed by atoms with Gasteiger partial charge in [-0.3, -0.25) is 0 Å². The minimum Gasteiger partial charge on any atom is -0.367 e. The first-order valence-electron chi connectivity index (χ1n) is 12.4. The topological polar surface area (TPSA) is 69.7 Å². The minimum absolute atomic E-state index is 0.475. The highest BCUT2D eigenvalue weighted by Gasteiger charge is 2.75. The zero-order chi connectivity index (χ0) is 24.1. The molecule has 2 atom stereocenters. The van der Waals surface area contributed by atoms with Gasteiger partial charge in [-0.25, -0.2) is 4.99 Å². The van der Waals surface area contributed by atoms with Crippen molar-refractivity contribution in [1.29, 1.82) is 10.5 Å². The number of para-hydroxylation sites is 2. The molecule has 0 unspecified atom stereocenters. The van der Waals surface area contributed by atoms with E-state index in [1.54, 1.807) is 0 Å². The van der Waals surface area contributed by atoms with Gasteiger partial charge < -0.3 is 14.7 Å². The van der Waals surface area contributed by atoms with Crippen molar-refractivity contribution in [2.45, 2.75) is 32.1 Å². The molecule has 0 N–H and O–H groups in total. The molecule has 4 aliphatic rings. The van der Waals surface area contributed by atoms with Gasteiger partial charge in [0, 0.05) is 29.9 Å². The van der Waals surface area contributed by atoms with Crippen LogP contribution in [0.4, 0.5) is 11.4 Å². The molecule has 3 heterocycles. The first-order chi connectivity index (χ1) is 17.1. The Kier molecular flexibility index (Phi) is 5.09. The van der Waals surface area contributed by atoms with Crippen molar-refractivity contribution in [2.24, 2.45) is 21.2 Å². The summed E-state index contributed by atoms with van der Waals surface area (Å²) in [4.78, 5) is 12.1. The number of amidine groups is 1. The van der Waals surface area contributed by atoms with Crippen LogP contribution in [0.2, 0.25) is 0 Å². The largest absolute Gasteiger partial charge is 0.367 e. The molecular weight excluding hydrogens is 452 g/mol. The third kappa shape index (κ3) is 2.85. The van der Waals surface area contributed by atoms with Gasteiger partial charge in [0.25, 0.3) is 0 Å². The molecule has 176 valence electrons. The molecule has 1 spiro atoms. The van der Waals surface area contributed by atoms with Crippen molar-refractivity contribution in [1.82, 2.24) is 4.90 Å². The predicted octanol–water partition coefficient (Wildman–Crippen LogP) is 4.95. The van der Waals surface area contributed by atoms with Gasteiger partial charge in [0.15, 0.2) is 0 Å². The number of nitrogens with zero attached hydrogens (tertiary/aromatic N) is 6. The van der Waals surface area contributed by atoms with Gasteiger partial charge in [-0.2, -0.15) is 10.5 Å². The number of benzene rings is 2. The van der Waals surface area contributed by atoms with Gasteiger partial charge in [-0.05, 0) is 37.1 Å². The lowest BCUT2D eigenvalue weighted by Crippen LogP contribution is -2.79. The van der Waals surface area contributed by atoms with Crippen molar-refractivity contribution >= 4 is 34.4 Å². The van der Waals surface area contributed by atoms with Crippen LogP contribution in [0.25, 0.3) is 0 Å². The first-order valence-corrected chi connectivity index (χ1v) is 12.8. The van der Waals surface area contributed by atoms with Crippen LogP contribution in [-0.4, -0.2) is 42.2 Å². The Morgan fingerprint density at radius 3 is 1.94 bits per heavy atom. The number of piperidine rings is 2. The molecule has 2 bridgehead atoms. The number of thiocarbonyl (C=S) groups is 1. The van der Waals surface area contributed by atoms with Gasteiger partial charge in [0.05, 0.1) is 18.8 Å². The lowest BCUT2D eigenvalue weighted by atomic mass is 9.42. The smallest absolute Gasteiger partial charge is 0.140 e. The highest BCUT2D eigenvalue weighted by atomic mass is 32.1. The number of aliphatic imine (C=N–C) groups is 1. The Morgan fingerprint density at radius 1 is 0.771 bits per heavy atom. The maximum absolute atomic E-state index is 11.0. The van der Waals surface area contributed by atoms with Gasteiger partial charge in [-0.1, -0.05) is 67.9 Å². The van der Waals surface area contributed by atoms with E-state index in [1.165, 1.54) is 0 Å². The maximum atomic E-state index is 11.0. The molecule has 1 aliphatic carbocycles. The number of nitriles is 2. The molecule has 35 heavy (non-hydrogen) atoms. The van der Waals surface area contributed by atoms with Crippen molar-refractivity contribution in [3.8, 4) is 12.1 Å². The summed E-state index contributed by atoms with van der Waals surface area (Å²) in [5.74, 6) is 0.769. The number of hydrogen-bond acceptors (Lipinski definition) is 6. The van der Waals surface area contributed by atoms with Crippen molar-refractivity contribution in [2.75, 3.05) is 36.2 Å². The summed E-state index contributed by atoms with van der Waals surface area (Å²) in [6.45, 7) is 2.02. The van der Waals surface area contributed by atoms with Crippen LogP contribution in [0.5, 0.6) is 0 Å². The second-order valence-corrected chi connectivity index (χ2v) is 10.6. The summed E-state index contributed by atoms with van der Waals surface area (Å²) >= 11 is 6.24. The van der Waals surface area contributed by atoms with Crippen molar-refractivity contribution < 1.29 is 0 Å². The van der Waals surface area contributed by atoms with E-state index >= 15 is 0 Å². The fourth-order valence-corrected chi connectivity index (χ4v) is 7.59. The van der Waals surface area contributed by atoms with Gasteiger partial charge in [0.2, 0.25) is 0 Å². The zero-order valence-electron chi connectivity index (χ0n) is 19.7. The van der Waals surface area contributed by atoms with Crippen LogP contribution in [-0.2, 0) is 0 Å². The van der Waals surface area contributed by atoms with E-state index < -0.39 is 16.2 Å². The van der Waals surface area contributed by atoms with Crippen LogP contribution in [0.15, 0.2) is 65.7 Å². The molecule has 0 radical (unpaired) electrons. The normalized spacial score (nSPS) is 29.1. The molecule has 2 aromatic carbocycles. The summed E-state index contributed by atoms with van der Waals surface area (Å²) in [6, 6.07) is 25.8.